The Kier molecular flexibility index (Phi) is 7.16. The molecule has 2 nitrogen and oxygen atoms in total. The highest BCUT2D eigenvalue weighted by Crippen LogP contribution is 2.33. The molecular formula is C18H27BrN2. The fourth-order valence-corrected chi connectivity index (χ4v) is 2.79. The lowest BCUT2D eigenvalue weighted by Crippen LogP contribution is -1.98. The van der Waals surface area contributed by atoms with Crippen LogP contribution in [0.1, 0.15) is 49.3 Å². The van der Waals surface area contributed by atoms with Crippen LogP contribution in [0.3, 0.4) is 0 Å². The van der Waals surface area contributed by atoms with Crippen molar-refractivity contribution in [3.63, 3.8) is 0 Å². The molecule has 1 aliphatic carbocycles. The van der Waals surface area contributed by atoms with Crippen molar-refractivity contribution in [3.05, 3.63) is 47.5 Å². The van der Waals surface area contributed by atoms with E-state index in [0.29, 0.717) is 0 Å². The average molecular weight is 351 g/mol. The molecular weight excluding hydrogens is 324 g/mol. The Bertz CT molecular complexity index is 519. The number of hydrogen-bond acceptors (Lipinski definition) is 1. The number of hydrogen-bond donors (Lipinski definition) is 0. The molecule has 0 bridgehead atoms. The predicted octanol–water partition coefficient (Wildman–Crippen LogP) is 5.57. The maximum absolute atomic E-state index is 4.07. The van der Waals surface area contributed by atoms with Gasteiger partial charge in [0.05, 0.1) is 12.0 Å². The van der Waals surface area contributed by atoms with Gasteiger partial charge in [-0.3, -0.25) is 0 Å². The fraction of sp³-hybridized carbons (Fsp3) is 0.500. The summed E-state index contributed by atoms with van der Waals surface area (Å²) < 4.78 is 2.06. The molecule has 3 heteroatoms. The summed E-state index contributed by atoms with van der Waals surface area (Å²) in [5.41, 5.74) is 5.14. The first kappa shape index (κ1) is 18.0. The minimum atomic E-state index is 0. The first-order valence-electron chi connectivity index (χ1n) is 7.68. The van der Waals surface area contributed by atoms with Crippen LogP contribution in [0.5, 0.6) is 0 Å². The van der Waals surface area contributed by atoms with Crippen molar-refractivity contribution in [2.45, 2.75) is 53.4 Å². The summed E-state index contributed by atoms with van der Waals surface area (Å²) in [5, 5.41) is 0. The third-order valence-corrected chi connectivity index (χ3v) is 3.79. The molecule has 1 aromatic carbocycles. The molecule has 0 unspecified atom stereocenters. The fourth-order valence-electron chi connectivity index (χ4n) is 2.79. The number of benzene rings is 1. The maximum Gasteiger partial charge on any atom is 0.0991 e. The van der Waals surface area contributed by atoms with Gasteiger partial charge in [-0.25, -0.2) is 4.98 Å². The normalized spacial score (nSPS) is 13.1. The molecule has 0 amide bonds. The van der Waals surface area contributed by atoms with Crippen LogP contribution in [0, 0.1) is 26.7 Å². The Morgan fingerprint density at radius 3 is 2.14 bits per heavy atom. The second-order valence-corrected chi connectivity index (χ2v) is 5.95. The van der Waals surface area contributed by atoms with Crippen molar-refractivity contribution in [3.8, 4) is 5.69 Å². The van der Waals surface area contributed by atoms with Gasteiger partial charge < -0.3 is 4.57 Å². The van der Waals surface area contributed by atoms with Crippen molar-refractivity contribution in [1.29, 1.82) is 0 Å². The molecule has 0 radical (unpaired) electrons. The molecule has 2 aromatic rings. The summed E-state index contributed by atoms with van der Waals surface area (Å²) in [7, 11) is 0. The first-order valence-corrected chi connectivity index (χ1v) is 7.68. The maximum atomic E-state index is 4.07. The molecule has 0 spiro atoms. The summed E-state index contributed by atoms with van der Waals surface area (Å²) in [6, 6.07) is 4.39. The van der Waals surface area contributed by atoms with Crippen molar-refractivity contribution < 1.29 is 0 Å². The lowest BCUT2D eigenvalue weighted by atomic mass is 10.1. The monoisotopic (exact) mass is 350 g/mol. The highest BCUT2D eigenvalue weighted by molar-refractivity contribution is 8.93. The third kappa shape index (κ3) is 5.31. The highest BCUT2D eigenvalue weighted by atomic mass is 79.9. The van der Waals surface area contributed by atoms with Gasteiger partial charge in [-0.1, -0.05) is 50.3 Å². The predicted molar refractivity (Wildman–Crippen MR) is 95.7 cm³/mol. The molecule has 1 fully saturated rings. The SMILES string of the molecule is Br.CCCC1CC1.Cc1cc(C)c(-n2ccnc2)c(C)c1. The summed E-state index contributed by atoms with van der Waals surface area (Å²) in [4.78, 5) is 4.07. The number of aryl methyl sites for hydroxylation is 3. The number of nitrogens with zero attached hydrogens (tertiary/aromatic N) is 2. The molecule has 0 atom stereocenters. The molecule has 1 heterocycles. The van der Waals surface area contributed by atoms with E-state index in [1.807, 2.05) is 12.5 Å². The quantitative estimate of drug-likeness (QED) is 0.707. The van der Waals surface area contributed by atoms with Gasteiger partial charge in [0.1, 0.15) is 0 Å². The van der Waals surface area contributed by atoms with Crippen molar-refractivity contribution >= 4 is 17.0 Å². The van der Waals surface area contributed by atoms with Crippen molar-refractivity contribution in [2.75, 3.05) is 0 Å². The minimum absolute atomic E-state index is 0. The zero-order chi connectivity index (χ0) is 14.5. The van der Waals surface area contributed by atoms with Crippen LogP contribution >= 0.6 is 17.0 Å². The summed E-state index contributed by atoms with van der Waals surface area (Å²) in [6.07, 6.45) is 11.5. The van der Waals surface area contributed by atoms with Crippen molar-refractivity contribution in [1.82, 2.24) is 9.55 Å². The second kappa shape index (κ2) is 8.38. The van der Waals surface area contributed by atoms with Gasteiger partial charge in [0, 0.05) is 12.4 Å². The highest BCUT2D eigenvalue weighted by Gasteiger charge is 2.18. The summed E-state index contributed by atoms with van der Waals surface area (Å²) in [5.74, 6) is 1.15. The van der Waals surface area contributed by atoms with Crippen LogP contribution in [0.4, 0.5) is 0 Å². The topological polar surface area (TPSA) is 17.8 Å². The van der Waals surface area contributed by atoms with Gasteiger partial charge in [0.15, 0.2) is 0 Å². The Morgan fingerprint density at radius 2 is 1.76 bits per heavy atom. The molecule has 0 aliphatic heterocycles. The number of rotatable bonds is 3. The van der Waals surface area contributed by atoms with Crippen LogP contribution in [-0.2, 0) is 0 Å². The van der Waals surface area contributed by atoms with Crippen LogP contribution in [0.2, 0.25) is 0 Å². The number of halogens is 1. The molecule has 3 rings (SSSR count). The molecule has 1 aliphatic rings. The number of imidazole rings is 1. The third-order valence-electron chi connectivity index (χ3n) is 3.79. The van der Waals surface area contributed by atoms with Gasteiger partial charge in [0.2, 0.25) is 0 Å². The Balaban J connectivity index is 0.000000267. The van der Waals surface area contributed by atoms with Crippen LogP contribution in [0.25, 0.3) is 5.69 Å². The van der Waals surface area contributed by atoms with E-state index in [9.17, 15) is 0 Å². The second-order valence-electron chi connectivity index (χ2n) is 5.95. The van der Waals surface area contributed by atoms with Gasteiger partial charge in [0.25, 0.3) is 0 Å². The van der Waals surface area contributed by atoms with E-state index >= 15 is 0 Å². The minimum Gasteiger partial charge on any atom is -0.306 e. The Labute approximate surface area is 139 Å². The molecule has 0 N–H and O–H groups in total. The first-order chi connectivity index (χ1) is 9.61. The molecule has 21 heavy (non-hydrogen) atoms. The van der Waals surface area contributed by atoms with E-state index in [2.05, 4.69) is 49.4 Å². The lowest BCUT2D eigenvalue weighted by Gasteiger charge is -2.11. The molecule has 116 valence electrons. The molecule has 0 saturated heterocycles. The average Bonchev–Trinajstić information content (AvgIpc) is 3.03. The summed E-state index contributed by atoms with van der Waals surface area (Å²) in [6.45, 7) is 8.65. The van der Waals surface area contributed by atoms with E-state index in [-0.39, 0.29) is 17.0 Å². The van der Waals surface area contributed by atoms with E-state index in [0.717, 1.165) is 5.92 Å². The standard InChI is InChI=1S/C12H14N2.C6H12.BrH/c1-9-6-10(2)12(11(3)7-9)14-5-4-13-8-14;1-2-3-6-4-5-6;/h4-8H,1-3H3;6H,2-5H2,1H3;1H. The zero-order valence-corrected chi connectivity index (χ0v) is 15.3. The Hall–Kier alpha value is -1.09. The zero-order valence-electron chi connectivity index (χ0n) is 13.6. The van der Waals surface area contributed by atoms with Gasteiger partial charge in [-0.05, 0) is 37.8 Å². The van der Waals surface area contributed by atoms with E-state index in [1.54, 1.807) is 6.20 Å². The van der Waals surface area contributed by atoms with E-state index < -0.39 is 0 Å². The van der Waals surface area contributed by atoms with E-state index in [4.69, 9.17) is 0 Å². The number of aromatic nitrogens is 2. The van der Waals surface area contributed by atoms with Crippen LogP contribution in [-0.4, -0.2) is 9.55 Å². The van der Waals surface area contributed by atoms with E-state index in [1.165, 1.54) is 48.1 Å². The summed E-state index contributed by atoms with van der Waals surface area (Å²) >= 11 is 0. The molecule has 1 aromatic heterocycles. The van der Waals surface area contributed by atoms with Crippen LogP contribution < -0.4 is 0 Å². The van der Waals surface area contributed by atoms with Gasteiger partial charge >= 0.3 is 0 Å². The van der Waals surface area contributed by atoms with Crippen LogP contribution in [0.15, 0.2) is 30.9 Å². The molecule has 1 saturated carbocycles. The Morgan fingerprint density at radius 1 is 1.14 bits per heavy atom. The smallest absolute Gasteiger partial charge is 0.0991 e. The van der Waals surface area contributed by atoms with Gasteiger partial charge in [-0.15, -0.1) is 17.0 Å². The van der Waals surface area contributed by atoms with Gasteiger partial charge in [-0.2, -0.15) is 0 Å². The van der Waals surface area contributed by atoms with Crippen molar-refractivity contribution in [2.24, 2.45) is 5.92 Å². The largest absolute Gasteiger partial charge is 0.306 e. The lowest BCUT2D eigenvalue weighted by molar-refractivity contribution is 0.708.